The molecule has 0 N–H and O–H groups in total. The molecule has 0 bridgehead atoms. The molecule has 3 heteroatoms. The van der Waals surface area contributed by atoms with E-state index in [-0.39, 0.29) is 5.41 Å². The first-order valence-electron chi connectivity index (χ1n) is 10.6. The molecule has 3 unspecified atom stereocenters. The van der Waals surface area contributed by atoms with Gasteiger partial charge in [-0.15, -0.1) is 0 Å². The Morgan fingerprint density at radius 1 is 1.08 bits per heavy atom. The van der Waals surface area contributed by atoms with E-state index in [1.54, 1.807) is 5.56 Å². The lowest BCUT2D eigenvalue weighted by atomic mass is 9.55. The Balaban J connectivity index is 1.37. The van der Waals surface area contributed by atoms with Crippen LogP contribution in [0.2, 0.25) is 0 Å². The van der Waals surface area contributed by atoms with E-state index in [4.69, 9.17) is 9.47 Å². The maximum Gasteiger partial charge on any atom is 0.139 e. The highest BCUT2D eigenvalue weighted by atomic mass is 16.5. The normalized spacial score (nSPS) is 37.0. The molecule has 26 heavy (non-hydrogen) atoms. The van der Waals surface area contributed by atoms with Gasteiger partial charge < -0.3 is 9.47 Å². The lowest BCUT2D eigenvalue weighted by Crippen LogP contribution is -2.42. The second-order valence-corrected chi connectivity index (χ2v) is 9.12. The summed E-state index contributed by atoms with van der Waals surface area (Å²) < 4.78 is 11.7. The Labute approximate surface area is 156 Å². The van der Waals surface area contributed by atoms with E-state index in [1.165, 1.54) is 18.4 Å². The van der Waals surface area contributed by atoms with E-state index < -0.39 is 0 Å². The standard InChI is InChI=1S/C23H30O3/c1-23-11-8-19-18-5-3-17(26-16-9-12-25-13-10-16)14-15(18)2-4-20(19)21(23)6-7-22(23)24/h3,5,14,16,19-21H,2,4,6-13H2,1H3/t19?,20?,21?,23-/m0/s1. The molecule has 2 saturated carbocycles. The van der Waals surface area contributed by atoms with Crippen molar-refractivity contribution in [1.29, 1.82) is 0 Å². The van der Waals surface area contributed by atoms with Gasteiger partial charge >= 0.3 is 0 Å². The third kappa shape index (κ3) is 2.62. The Bertz CT molecular complexity index is 705. The SMILES string of the molecule is C[C@]12CCC3c4ccc(OC5CCOCC5)cc4CCC3C1CCC2=O. The molecule has 1 aromatic rings. The molecule has 3 aliphatic carbocycles. The second-order valence-electron chi connectivity index (χ2n) is 9.12. The highest BCUT2D eigenvalue weighted by Crippen LogP contribution is 2.59. The number of carbonyl (C=O) groups excluding carboxylic acids is 1. The third-order valence-corrected chi connectivity index (χ3v) is 7.88. The van der Waals surface area contributed by atoms with Gasteiger partial charge in [-0.05, 0) is 73.1 Å². The average Bonchev–Trinajstić information content (AvgIpc) is 2.97. The molecule has 3 nitrogen and oxygen atoms in total. The zero-order valence-corrected chi connectivity index (χ0v) is 15.8. The monoisotopic (exact) mass is 354 g/mol. The summed E-state index contributed by atoms with van der Waals surface area (Å²) in [5.41, 5.74) is 3.01. The highest BCUT2D eigenvalue weighted by molar-refractivity contribution is 5.87. The van der Waals surface area contributed by atoms with Crippen molar-refractivity contribution in [3.63, 3.8) is 0 Å². The molecule has 1 saturated heterocycles. The Morgan fingerprint density at radius 3 is 2.77 bits per heavy atom. The molecular formula is C23H30O3. The van der Waals surface area contributed by atoms with Crippen LogP contribution in [0.1, 0.15) is 68.9 Å². The lowest BCUT2D eigenvalue weighted by Gasteiger charge is -2.48. The molecule has 0 aromatic heterocycles. The number of hydrogen-bond acceptors (Lipinski definition) is 3. The van der Waals surface area contributed by atoms with Crippen molar-refractivity contribution in [2.45, 2.75) is 70.3 Å². The molecule has 3 fully saturated rings. The van der Waals surface area contributed by atoms with Crippen LogP contribution >= 0.6 is 0 Å². The van der Waals surface area contributed by atoms with Crippen molar-refractivity contribution in [2.24, 2.45) is 17.3 Å². The first kappa shape index (κ1) is 16.8. The number of ketones is 1. The number of benzene rings is 1. The van der Waals surface area contributed by atoms with Gasteiger partial charge in [0.15, 0.2) is 0 Å². The van der Waals surface area contributed by atoms with Crippen LogP contribution in [0, 0.1) is 17.3 Å². The maximum atomic E-state index is 12.5. The number of fused-ring (bicyclic) bond motifs is 5. The minimum atomic E-state index is -0.0230. The predicted molar refractivity (Wildman–Crippen MR) is 101 cm³/mol. The van der Waals surface area contributed by atoms with Crippen LogP contribution in [0.5, 0.6) is 5.75 Å². The summed E-state index contributed by atoms with van der Waals surface area (Å²) in [6.07, 6.45) is 8.87. The number of Topliss-reactive ketones (excluding diaryl/α,β-unsaturated/α-hetero) is 1. The number of carbonyl (C=O) groups is 1. The van der Waals surface area contributed by atoms with E-state index in [1.807, 2.05) is 0 Å². The average molecular weight is 354 g/mol. The predicted octanol–water partition coefficient (Wildman–Crippen LogP) is 4.67. The fourth-order valence-corrected chi connectivity index (χ4v) is 6.39. The van der Waals surface area contributed by atoms with Crippen molar-refractivity contribution < 1.29 is 14.3 Å². The third-order valence-electron chi connectivity index (χ3n) is 7.88. The van der Waals surface area contributed by atoms with Crippen molar-refractivity contribution >= 4 is 5.78 Å². The fraction of sp³-hybridized carbons (Fsp3) is 0.696. The number of rotatable bonds is 2. The Morgan fingerprint density at radius 2 is 1.92 bits per heavy atom. The van der Waals surface area contributed by atoms with Gasteiger partial charge in [-0.3, -0.25) is 4.79 Å². The molecular weight excluding hydrogens is 324 g/mol. The van der Waals surface area contributed by atoms with Crippen LogP contribution in [0.3, 0.4) is 0 Å². The molecule has 1 aliphatic heterocycles. The van der Waals surface area contributed by atoms with Gasteiger partial charge in [-0.1, -0.05) is 13.0 Å². The van der Waals surface area contributed by atoms with Gasteiger partial charge in [-0.25, -0.2) is 0 Å². The van der Waals surface area contributed by atoms with Crippen molar-refractivity contribution in [3.05, 3.63) is 29.3 Å². The number of hydrogen-bond donors (Lipinski definition) is 0. The van der Waals surface area contributed by atoms with E-state index in [0.29, 0.717) is 29.6 Å². The van der Waals surface area contributed by atoms with Gasteiger partial charge in [0.25, 0.3) is 0 Å². The van der Waals surface area contributed by atoms with Gasteiger partial charge in [0.05, 0.1) is 13.2 Å². The smallest absolute Gasteiger partial charge is 0.139 e. The molecule has 0 radical (unpaired) electrons. The van der Waals surface area contributed by atoms with Gasteiger partial charge in [0.2, 0.25) is 0 Å². The summed E-state index contributed by atoms with van der Waals surface area (Å²) in [6, 6.07) is 6.82. The van der Waals surface area contributed by atoms with Crippen molar-refractivity contribution in [3.8, 4) is 5.75 Å². The molecule has 0 spiro atoms. The van der Waals surface area contributed by atoms with Crippen LogP contribution in [0.15, 0.2) is 18.2 Å². The van der Waals surface area contributed by atoms with Gasteiger partial charge in [-0.2, -0.15) is 0 Å². The van der Waals surface area contributed by atoms with Crippen molar-refractivity contribution in [2.75, 3.05) is 13.2 Å². The zero-order valence-electron chi connectivity index (χ0n) is 15.8. The van der Waals surface area contributed by atoms with Crippen LogP contribution in [-0.4, -0.2) is 25.1 Å². The van der Waals surface area contributed by atoms with E-state index in [0.717, 1.165) is 57.5 Å². The topological polar surface area (TPSA) is 35.5 Å². The molecule has 1 heterocycles. The van der Waals surface area contributed by atoms with Crippen LogP contribution in [0.25, 0.3) is 0 Å². The zero-order chi connectivity index (χ0) is 17.7. The molecule has 1 aromatic carbocycles. The van der Waals surface area contributed by atoms with Gasteiger partial charge in [0.1, 0.15) is 17.6 Å². The summed E-state index contributed by atoms with van der Waals surface area (Å²) in [7, 11) is 0. The summed E-state index contributed by atoms with van der Waals surface area (Å²) in [5, 5.41) is 0. The van der Waals surface area contributed by atoms with E-state index in [2.05, 4.69) is 25.1 Å². The first-order chi connectivity index (χ1) is 12.6. The Hall–Kier alpha value is -1.35. The molecule has 0 amide bonds. The quantitative estimate of drug-likeness (QED) is 0.774. The van der Waals surface area contributed by atoms with Gasteiger partial charge in [0, 0.05) is 24.7 Å². The van der Waals surface area contributed by atoms with Crippen molar-refractivity contribution in [1.82, 2.24) is 0 Å². The summed E-state index contributed by atoms with van der Waals surface area (Å²) in [4.78, 5) is 12.5. The number of aryl methyl sites for hydroxylation is 1. The van der Waals surface area contributed by atoms with E-state index >= 15 is 0 Å². The van der Waals surface area contributed by atoms with Crippen LogP contribution < -0.4 is 4.74 Å². The molecule has 4 aliphatic rings. The largest absolute Gasteiger partial charge is 0.490 e. The lowest BCUT2D eigenvalue weighted by molar-refractivity contribution is -0.129. The maximum absolute atomic E-state index is 12.5. The molecule has 140 valence electrons. The Kier molecular flexibility index (Phi) is 4.11. The highest BCUT2D eigenvalue weighted by Gasteiger charge is 2.54. The summed E-state index contributed by atoms with van der Waals surface area (Å²) in [5.74, 6) is 3.53. The minimum Gasteiger partial charge on any atom is -0.490 e. The fourth-order valence-electron chi connectivity index (χ4n) is 6.39. The second kappa shape index (κ2) is 6.37. The van der Waals surface area contributed by atoms with Crippen LogP contribution in [0.4, 0.5) is 0 Å². The summed E-state index contributed by atoms with van der Waals surface area (Å²) >= 11 is 0. The van der Waals surface area contributed by atoms with E-state index in [9.17, 15) is 4.79 Å². The number of ether oxygens (including phenoxy) is 2. The van der Waals surface area contributed by atoms with Crippen LogP contribution in [-0.2, 0) is 16.0 Å². The molecule has 4 atom stereocenters. The molecule has 5 rings (SSSR count). The first-order valence-corrected chi connectivity index (χ1v) is 10.6. The summed E-state index contributed by atoms with van der Waals surface area (Å²) in [6.45, 7) is 3.89. The minimum absolute atomic E-state index is 0.0230.